The van der Waals surface area contributed by atoms with E-state index in [0.29, 0.717) is 0 Å². The van der Waals surface area contributed by atoms with Crippen LogP contribution in [0.1, 0.15) is 36.4 Å². The molecule has 0 aliphatic carbocycles. The molecule has 0 bridgehead atoms. The molecule has 0 atom stereocenters. The van der Waals surface area contributed by atoms with Crippen LogP contribution >= 0.6 is 0 Å². The first kappa shape index (κ1) is 11.8. The van der Waals surface area contributed by atoms with Gasteiger partial charge >= 0.3 is 0 Å². The van der Waals surface area contributed by atoms with Gasteiger partial charge in [0.25, 0.3) is 0 Å². The van der Waals surface area contributed by atoms with Gasteiger partial charge in [-0.25, -0.2) is 9.97 Å². The molecule has 2 aromatic rings. The fourth-order valence-electron chi connectivity index (χ4n) is 2.22. The molecule has 3 heterocycles. The molecule has 90 valence electrons. The monoisotopic (exact) mass is 229 g/mol. The molecule has 3 heteroatoms. The number of hydrogen-bond acceptors (Lipinski definition) is 2. The molecule has 0 N–H and O–H groups in total. The third-order valence-electron chi connectivity index (χ3n) is 3.01. The maximum absolute atomic E-state index is 4.50. The predicted molar refractivity (Wildman–Crippen MR) is 69.6 cm³/mol. The summed E-state index contributed by atoms with van der Waals surface area (Å²) >= 11 is 0. The Morgan fingerprint density at radius 1 is 1.12 bits per heavy atom. The summed E-state index contributed by atoms with van der Waals surface area (Å²) in [7, 11) is 0. The van der Waals surface area contributed by atoms with Crippen LogP contribution in [-0.2, 0) is 12.8 Å². The van der Waals surface area contributed by atoms with E-state index in [1.54, 1.807) is 0 Å². The molecule has 0 aromatic carbocycles. The Kier molecular flexibility index (Phi) is 3.27. The molecule has 3 rings (SSSR count). The van der Waals surface area contributed by atoms with Crippen molar-refractivity contribution in [2.24, 2.45) is 0 Å². The van der Waals surface area contributed by atoms with Crippen LogP contribution in [0, 0.1) is 13.8 Å². The van der Waals surface area contributed by atoms with Crippen LogP contribution in [0.4, 0.5) is 0 Å². The fraction of sp³-hybridized carbons (Fsp3) is 0.429. The largest absolute Gasteiger partial charge is 0.287 e. The van der Waals surface area contributed by atoms with Crippen LogP contribution in [0.3, 0.4) is 0 Å². The lowest BCUT2D eigenvalue weighted by atomic mass is 10.0. The number of aryl methyl sites for hydroxylation is 3. The first-order valence-electron chi connectivity index (χ1n) is 6.24. The molecule has 1 aliphatic heterocycles. The summed E-state index contributed by atoms with van der Waals surface area (Å²) in [5, 5.41) is 0. The normalized spacial score (nSPS) is 12.2. The lowest BCUT2D eigenvalue weighted by Gasteiger charge is -2.18. The topological polar surface area (TPSA) is 30.7 Å². The third kappa shape index (κ3) is 1.97. The van der Waals surface area contributed by atoms with Gasteiger partial charge in [-0.1, -0.05) is 19.9 Å². The number of rotatable bonds is 0. The fourth-order valence-corrected chi connectivity index (χ4v) is 2.22. The molecular weight excluding hydrogens is 210 g/mol. The zero-order valence-electron chi connectivity index (χ0n) is 11.0. The van der Waals surface area contributed by atoms with E-state index in [9.17, 15) is 0 Å². The highest BCUT2D eigenvalue weighted by atomic mass is 15.1. The van der Waals surface area contributed by atoms with E-state index in [1.165, 1.54) is 16.8 Å². The second kappa shape index (κ2) is 4.70. The molecule has 0 spiro atoms. The first-order valence-corrected chi connectivity index (χ1v) is 6.24. The minimum Gasteiger partial charge on any atom is -0.287 e. The highest BCUT2D eigenvalue weighted by Gasteiger charge is 2.18. The van der Waals surface area contributed by atoms with Crippen molar-refractivity contribution in [1.82, 2.24) is 14.5 Å². The molecule has 0 radical (unpaired) electrons. The smallest absolute Gasteiger partial charge is 0.141 e. The predicted octanol–water partition coefficient (Wildman–Crippen LogP) is 3.01. The van der Waals surface area contributed by atoms with Crippen molar-refractivity contribution in [2.75, 3.05) is 0 Å². The van der Waals surface area contributed by atoms with Crippen molar-refractivity contribution in [2.45, 2.75) is 40.5 Å². The Bertz CT molecular complexity index is 526. The minimum atomic E-state index is 1.06. The third-order valence-corrected chi connectivity index (χ3v) is 3.01. The molecule has 3 nitrogen and oxygen atoms in total. The number of fused-ring (bicyclic) bond motifs is 3. The van der Waals surface area contributed by atoms with Gasteiger partial charge in [0.2, 0.25) is 0 Å². The van der Waals surface area contributed by atoms with Crippen molar-refractivity contribution in [3.8, 4) is 5.82 Å². The van der Waals surface area contributed by atoms with Crippen LogP contribution in [0.15, 0.2) is 18.6 Å². The van der Waals surface area contributed by atoms with Gasteiger partial charge in [0.05, 0.1) is 5.69 Å². The summed E-state index contributed by atoms with van der Waals surface area (Å²) in [6.45, 7) is 8.15. The van der Waals surface area contributed by atoms with E-state index in [2.05, 4.69) is 34.4 Å². The molecule has 1 aliphatic rings. The lowest BCUT2D eigenvalue weighted by molar-refractivity contribution is 0.776. The average Bonchev–Trinajstić information content (AvgIpc) is 2.73. The summed E-state index contributed by atoms with van der Waals surface area (Å²) < 4.78 is 2.12. The van der Waals surface area contributed by atoms with Gasteiger partial charge in [-0.3, -0.25) is 4.57 Å². The summed E-state index contributed by atoms with van der Waals surface area (Å²) in [4.78, 5) is 8.84. The molecule has 0 fully saturated rings. The van der Waals surface area contributed by atoms with Gasteiger partial charge in [0.15, 0.2) is 0 Å². The van der Waals surface area contributed by atoms with Crippen molar-refractivity contribution < 1.29 is 0 Å². The van der Waals surface area contributed by atoms with E-state index < -0.39 is 0 Å². The van der Waals surface area contributed by atoms with E-state index in [1.807, 2.05) is 26.4 Å². The molecule has 2 aromatic heterocycles. The minimum absolute atomic E-state index is 1.06. The highest BCUT2D eigenvalue weighted by Crippen LogP contribution is 2.24. The van der Waals surface area contributed by atoms with Crippen molar-refractivity contribution in [3.05, 3.63) is 41.1 Å². The second-order valence-electron chi connectivity index (χ2n) is 4.14. The summed E-state index contributed by atoms with van der Waals surface area (Å²) in [6.07, 6.45) is 5.95. The van der Waals surface area contributed by atoms with Crippen molar-refractivity contribution in [1.29, 1.82) is 0 Å². The van der Waals surface area contributed by atoms with Gasteiger partial charge in [0.1, 0.15) is 12.1 Å². The first-order chi connectivity index (χ1) is 8.25. The van der Waals surface area contributed by atoms with Crippen LogP contribution in [0.25, 0.3) is 5.82 Å². The number of pyridine rings is 1. The average molecular weight is 229 g/mol. The zero-order chi connectivity index (χ0) is 12.4. The van der Waals surface area contributed by atoms with E-state index in [0.717, 1.165) is 24.4 Å². The van der Waals surface area contributed by atoms with Gasteiger partial charge in [0, 0.05) is 11.9 Å². The Balaban J connectivity index is 0.000000514. The summed E-state index contributed by atoms with van der Waals surface area (Å²) in [5.74, 6) is 1.06. The standard InChI is InChI=1S/C12H13N3.C2H6/c1-8-5-10-3-4-11-9(2)14-7-15(11)12(10)13-6-8;1-2/h5-7H,3-4H2,1-2H3;1-2H3. The van der Waals surface area contributed by atoms with Gasteiger partial charge in [-0.15, -0.1) is 0 Å². The molecule has 0 saturated heterocycles. The number of hydrogen-bond donors (Lipinski definition) is 0. The Morgan fingerprint density at radius 2 is 1.88 bits per heavy atom. The van der Waals surface area contributed by atoms with Gasteiger partial charge in [-0.2, -0.15) is 0 Å². The summed E-state index contributed by atoms with van der Waals surface area (Å²) in [6, 6.07) is 2.22. The molecule has 0 amide bonds. The van der Waals surface area contributed by atoms with Crippen molar-refractivity contribution in [3.63, 3.8) is 0 Å². The second-order valence-corrected chi connectivity index (χ2v) is 4.14. The maximum Gasteiger partial charge on any atom is 0.141 e. The highest BCUT2D eigenvalue weighted by molar-refractivity contribution is 5.42. The molecule has 0 unspecified atom stereocenters. The van der Waals surface area contributed by atoms with Crippen LogP contribution in [-0.4, -0.2) is 14.5 Å². The van der Waals surface area contributed by atoms with Gasteiger partial charge < -0.3 is 0 Å². The number of imidazole rings is 1. The molecule has 0 saturated carbocycles. The number of aromatic nitrogens is 3. The van der Waals surface area contributed by atoms with E-state index >= 15 is 0 Å². The van der Waals surface area contributed by atoms with Crippen LogP contribution in [0.2, 0.25) is 0 Å². The molecular formula is C14H19N3. The van der Waals surface area contributed by atoms with Crippen LogP contribution < -0.4 is 0 Å². The van der Waals surface area contributed by atoms with Gasteiger partial charge in [-0.05, 0) is 37.8 Å². The quantitative estimate of drug-likeness (QED) is 0.695. The Hall–Kier alpha value is -1.64. The summed E-state index contributed by atoms with van der Waals surface area (Å²) in [5.41, 5.74) is 5.00. The Morgan fingerprint density at radius 3 is 2.65 bits per heavy atom. The Labute approximate surface area is 103 Å². The van der Waals surface area contributed by atoms with Crippen molar-refractivity contribution >= 4 is 0 Å². The van der Waals surface area contributed by atoms with E-state index in [4.69, 9.17) is 0 Å². The SMILES string of the molecule is CC.Cc1cnc2c(c1)CCc1c(C)ncn1-2. The van der Waals surface area contributed by atoms with E-state index in [-0.39, 0.29) is 0 Å². The zero-order valence-corrected chi connectivity index (χ0v) is 11.0. The van der Waals surface area contributed by atoms with Crippen LogP contribution in [0.5, 0.6) is 0 Å². The lowest BCUT2D eigenvalue weighted by Crippen LogP contribution is -2.13. The molecule has 17 heavy (non-hydrogen) atoms. The maximum atomic E-state index is 4.50. The number of nitrogens with zero attached hydrogens (tertiary/aromatic N) is 3.